The molecular weight excluding hydrogens is 344 g/mol. The molecule has 0 amide bonds. The summed E-state index contributed by atoms with van der Waals surface area (Å²) >= 11 is 1.89. The number of fused-ring (bicyclic) bond motifs is 1. The Balaban J connectivity index is 1.40. The summed E-state index contributed by atoms with van der Waals surface area (Å²) in [6, 6.07) is 8.44. The molecule has 0 radical (unpaired) electrons. The van der Waals surface area contributed by atoms with Crippen LogP contribution in [0.15, 0.2) is 42.9 Å². The number of nitrogens with one attached hydrogen (secondary N) is 1. The van der Waals surface area contributed by atoms with Crippen LogP contribution in [0.25, 0.3) is 0 Å². The zero-order valence-corrected chi connectivity index (χ0v) is 15.8. The van der Waals surface area contributed by atoms with Crippen LogP contribution in [0.2, 0.25) is 0 Å². The number of anilines is 1. The SMILES string of the molecule is Cc1ccc(CN2Cc3ccnn3C[C@H](CCNc3ncccn3)C2)s1. The second-order valence-corrected chi connectivity index (χ2v) is 8.21. The number of aromatic nitrogens is 4. The molecule has 1 aliphatic rings. The average molecular weight is 369 g/mol. The molecule has 0 spiro atoms. The first-order chi connectivity index (χ1) is 12.8. The van der Waals surface area contributed by atoms with Crippen molar-refractivity contribution in [2.75, 3.05) is 18.4 Å². The van der Waals surface area contributed by atoms with Gasteiger partial charge < -0.3 is 5.32 Å². The molecule has 3 aromatic heterocycles. The molecule has 3 aromatic rings. The van der Waals surface area contributed by atoms with Crippen molar-refractivity contribution in [1.82, 2.24) is 24.6 Å². The van der Waals surface area contributed by atoms with Crippen molar-refractivity contribution in [2.45, 2.75) is 33.0 Å². The minimum Gasteiger partial charge on any atom is -0.354 e. The number of aryl methyl sites for hydroxylation is 1. The third-order valence-electron chi connectivity index (χ3n) is 4.71. The number of hydrogen-bond donors (Lipinski definition) is 1. The lowest BCUT2D eigenvalue weighted by molar-refractivity contribution is 0.218. The summed E-state index contributed by atoms with van der Waals surface area (Å²) in [5, 5.41) is 7.86. The minimum atomic E-state index is 0.549. The molecule has 0 unspecified atom stereocenters. The van der Waals surface area contributed by atoms with E-state index < -0.39 is 0 Å². The molecule has 136 valence electrons. The fraction of sp³-hybridized carbons (Fsp3) is 0.421. The Hall–Kier alpha value is -2.25. The maximum atomic E-state index is 4.53. The van der Waals surface area contributed by atoms with Gasteiger partial charge in [-0.15, -0.1) is 11.3 Å². The molecule has 1 atom stereocenters. The van der Waals surface area contributed by atoms with Gasteiger partial charge in [0, 0.05) is 61.1 Å². The van der Waals surface area contributed by atoms with Crippen molar-refractivity contribution in [3.63, 3.8) is 0 Å². The molecule has 1 aliphatic heterocycles. The van der Waals surface area contributed by atoms with E-state index in [1.807, 2.05) is 23.6 Å². The van der Waals surface area contributed by atoms with E-state index in [-0.39, 0.29) is 0 Å². The Kier molecular flexibility index (Phi) is 5.26. The summed E-state index contributed by atoms with van der Waals surface area (Å²) in [5.74, 6) is 1.25. The van der Waals surface area contributed by atoms with Gasteiger partial charge in [0.15, 0.2) is 0 Å². The number of hydrogen-bond acceptors (Lipinski definition) is 6. The second-order valence-electron chi connectivity index (χ2n) is 6.84. The molecule has 0 aliphatic carbocycles. The van der Waals surface area contributed by atoms with Crippen LogP contribution in [0, 0.1) is 12.8 Å². The van der Waals surface area contributed by atoms with Crippen molar-refractivity contribution < 1.29 is 0 Å². The molecule has 0 fully saturated rings. The average Bonchev–Trinajstić information content (AvgIpc) is 3.21. The number of thiophene rings is 1. The Morgan fingerprint density at radius 2 is 2.04 bits per heavy atom. The van der Waals surface area contributed by atoms with Crippen molar-refractivity contribution in [3.8, 4) is 0 Å². The van der Waals surface area contributed by atoms with Crippen LogP contribution < -0.4 is 5.32 Å². The zero-order chi connectivity index (χ0) is 17.8. The van der Waals surface area contributed by atoms with E-state index in [4.69, 9.17) is 0 Å². The van der Waals surface area contributed by atoms with Crippen LogP contribution in [0.1, 0.15) is 21.9 Å². The largest absolute Gasteiger partial charge is 0.354 e. The zero-order valence-electron chi connectivity index (χ0n) is 15.0. The van der Waals surface area contributed by atoms with E-state index in [2.05, 4.69) is 55.1 Å². The summed E-state index contributed by atoms with van der Waals surface area (Å²) < 4.78 is 2.17. The Bertz CT molecular complexity index is 827. The molecule has 6 nitrogen and oxygen atoms in total. The Labute approximate surface area is 157 Å². The summed E-state index contributed by atoms with van der Waals surface area (Å²) in [6.45, 7) is 7.07. The smallest absolute Gasteiger partial charge is 0.222 e. The highest BCUT2D eigenvalue weighted by atomic mass is 32.1. The molecule has 7 heteroatoms. The van der Waals surface area contributed by atoms with Crippen LogP contribution in [0.5, 0.6) is 0 Å². The van der Waals surface area contributed by atoms with E-state index in [1.54, 1.807) is 12.4 Å². The Morgan fingerprint density at radius 1 is 1.15 bits per heavy atom. The molecule has 26 heavy (non-hydrogen) atoms. The Morgan fingerprint density at radius 3 is 2.85 bits per heavy atom. The quantitative estimate of drug-likeness (QED) is 0.724. The summed E-state index contributed by atoms with van der Waals surface area (Å²) in [4.78, 5) is 13.8. The number of nitrogens with zero attached hydrogens (tertiary/aromatic N) is 5. The van der Waals surface area contributed by atoms with Crippen LogP contribution in [0.3, 0.4) is 0 Å². The van der Waals surface area contributed by atoms with Gasteiger partial charge >= 0.3 is 0 Å². The minimum absolute atomic E-state index is 0.549. The van der Waals surface area contributed by atoms with Gasteiger partial charge in [0.1, 0.15) is 0 Å². The van der Waals surface area contributed by atoms with Gasteiger partial charge in [-0.05, 0) is 43.5 Å². The topological polar surface area (TPSA) is 58.9 Å². The third-order valence-corrected chi connectivity index (χ3v) is 5.70. The van der Waals surface area contributed by atoms with Crippen molar-refractivity contribution >= 4 is 17.3 Å². The van der Waals surface area contributed by atoms with Crippen LogP contribution in [0.4, 0.5) is 5.95 Å². The lowest BCUT2D eigenvalue weighted by atomic mass is 10.1. The molecular formula is C19H24N6S. The first-order valence-corrected chi connectivity index (χ1v) is 9.87. The fourth-order valence-corrected chi connectivity index (χ4v) is 4.42. The highest BCUT2D eigenvalue weighted by Crippen LogP contribution is 2.23. The fourth-order valence-electron chi connectivity index (χ4n) is 3.49. The highest BCUT2D eigenvalue weighted by Gasteiger charge is 2.22. The lowest BCUT2D eigenvalue weighted by Crippen LogP contribution is -2.28. The molecule has 1 N–H and O–H groups in total. The number of rotatable bonds is 6. The predicted octanol–water partition coefficient (Wildman–Crippen LogP) is 3.18. The third kappa shape index (κ3) is 4.28. The first-order valence-electron chi connectivity index (χ1n) is 9.05. The monoisotopic (exact) mass is 368 g/mol. The summed E-state index contributed by atoms with van der Waals surface area (Å²) in [7, 11) is 0. The van der Waals surface area contributed by atoms with Crippen LogP contribution in [-0.2, 0) is 19.6 Å². The van der Waals surface area contributed by atoms with Gasteiger partial charge in [0.05, 0.1) is 5.69 Å². The maximum Gasteiger partial charge on any atom is 0.222 e. The van der Waals surface area contributed by atoms with Crippen LogP contribution in [-0.4, -0.2) is 37.7 Å². The first kappa shape index (κ1) is 17.2. The summed E-state index contributed by atoms with van der Waals surface area (Å²) in [6.07, 6.45) is 6.52. The van der Waals surface area contributed by atoms with Gasteiger partial charge in [-0.1, -0.05) is 0 Å². The molecule has 0 saturated heterocycles. The van der Waals surface area contributed by atoms with Gasteiger partial charge in [0.2, 0.25) is 5.95 Å². The highest BCUT2D eigenvalue weighted by molar-refractivity contribution is 7.11. The van der Waals surface area contributed by atoms with Crippen molar-refractivity contribution in [2.24, 2.45) is 5.92 Å². The van der Waals surface area contributed by atoms with E-state index in [0.717, 1.165) is 39.1 Å². The van der Waals surface area contributed by atoms with E-state index >= 15 is 0 Å². The molecule has 0 aromatic carbocycles. The van der Waals surface area contributed by atoms with Gasteiger partial charge in [-0.3, -0.25) is 9.58 Å². The molecule has 4 rings (SSSR count). The molecule has 0 saturated carbocycles. The molecule has 0 bridgehead atoms. The van der Waals surface area contributed by atoms with E-state index in [9.17, 15) is 0 Å². The van der Waals surface area contributed by atoms with Crippen molar-refractivity contribution in [1.29, 1.82) is 0 Å². The standard InChI is InChI=1S/C19H24N6S/c1-15-3-4-18(26-15)14-24-11-16(12-25-17(13-24)6-10-23-25)5-9-22-19-20-7-2-8-21-19/h2-4,6-8,10,16H,5,9,11-14H2,1H3,(H,20,21,22)/t16-/m1/s1. The second kappa shape index (κ2) is 7.97. The maximum absolute atomic E-state index is 4.53. The van der Waals surface area contributed by atoms with E-state index in [0.29, 0.717) is 11.9 Å². The van der Waals surface area contributed by atoms with Crippen LogP contribution >= 0.6 is 11.3 Å². The predicted molar refractivity (Wildman–Crippen MR) is 104 cm³/mol. The van der Waals surface area contributed by atoms with E-state index in [1.165, 1.54) is 15.4 Å². The molecule has 4 heterocycles. The van der Waals surface area contributed by atoms with Crippen molar-refractivity contribution in [3.05, 3.63) is 58.3 Å². The summed E-state index contributed by atoms with van der Waals surface area (Å²) in [5.41, 5.74) is 1.31. The van der Waals surface area contributed by atoms with Gasteiger partial charge in [-0.2, -0.15) is 5.10 Å². The van der Waals surface area contributed by atoms with Gasteiger partial charge in [0.25, 0.3) is 0 Å². The lowest BCUT2D eigenvalue weighted by Gasteiger charge is -2.23. The van der Waals surface area contributed by atoms with Gasteiger partial charge in [-0.25, -0.2) is 9.97 Å². The normalized spacial score (nSPS) is 17.7.